The zero-order chi connectivity index (χ0) is 22.2. The van der Waals surface area contributed by atoms with E-state index in [4.69, 9.17) is 0 Å². The van der Waals surface area contributed by atoms with Crippen LogP contribution in [0.2, 0.25) is 0 Å². The van der Waals surface area contributed by atoms with Crippen LogP contribution in [0, 0.1) is 0 Å². The van der Waals surface area contributed by atoms with Crippen LogP contribution in [0.5, 0.6) is 5.75 Å². The average molecular weight is 427 g/mol. The number of hydrogen-bond acceptors (Lipinski definition) is 4. The zero-order valence-electron chi connectivity index (χ0n) is 18.2. The molecule has 0 unspecified atom stereocenters. The zero-order valence-corrected chi connectivity index (χ0v) is 18.2. The van der Waals surface area contributed by atoms with Gasteiger partial charge in [-0.25, -0.2) is 4.98 Å². The molecular formula is C26H26N4O2. The molecule has 0 fully saturated rings. The molecule has 4 aromatic rings. The fraction of sp³-hybridized carbons (Fsp3) is 0.231. The Labute approximate surface area is 187 Å². The lowest BCUT2D eigenvalue weighted by molar-refractivity contribution is 0.340. The second-order valence-electron chi connectivity index (χ2n) is 8.57. The van der Waals surface area contributed by atoms with E-state index in [-0.39, 0.29) is 17.7 Å². The molecular weight excluding hydrogens is 400 g/mol. The first-order valence-electron chi connectivity index (χ1n) is 10.8. The molecule has 0 saturated heterocycles. The molecule has 2 aromatic heterocycles. The van der Waals surface area contributed by atoms with E-state index in [1.54, 1.807) is 6.20 Å². The fourth-order valence-electron chi connectivity index (χ4n) is 4.79. The van der Waals surface area contributed by atoms with Gasteiger partial charge in [0.1, 0.15) is 5.69 Å². The Balaban J connectivity index is 1.75. The van der Waals surface area contributed by atoms with Crippen molar-refractivity contribution in [3.8, 4) is 17.3 Å². The first-order chi connectivity index (χ1) is 15.5. The molecule has 0 saturated carbocycles. The van der Waals surface area contributed by atoms with Crippen molar-refractivity contribution in [1.82, 2.24) is 19.0 Å². The summed E-state index contributed by atoms with van der Waals surface area (Å²) in [6.45, 7) is 1.40. The topological polar surface area (TPSA) is 63.3 Å². The maximum atomic E-state index is 12.4. The molecule has 1 N–H and O–H groups in total. The highest BCUT2D eigenvalue weighted by Gasteiger charge is 2.35. The number of rotatable bonds is 5. The van der Waals surface area contributed by atoms with Gasteiger partial charge in [-0.05, 0) is 25.2 Å². The van der Waals surface area contributed by atoms with Gasteiger partial charge in [-0.2, -0.15) is 0 Å². The molecule has 0 aliphatic carbocycles. The SMILES string of the molecule is CN(C)Cc1cnc2n1C[C@H](C(c1ccccc1)c1ccccc1)n1ccc(=O)c(O)c1-2. The van der Waals surface area contributed by atoms with Crippen LogP contribution in [-0.2, 0) is 13.1 Å². The van der Waals surface area contributed by atoms with Crippen LogP contribution in [0.1, 0.15) is 28.8 Å². The van der Waals surface area contributed by atoms with Crippen LogP contribution in [0.25, 0.3) is 11.5 Å². The smallest absolute Gasteiger partial charge is 0.223 e. The lowest BCUT2D eigenvalue weighted by atomic mass is 9.83. The summed E-state index contributed by atoms with van der Waals surface area (Å²) in [5.74, 6) is 0.411. The van der Waals surface area contributed by atoms with Crippen molar-refractivity contribution in [3.05, 3.63) is 106 Å². The number of aromatic hydroxyl groups is 1. The van der Waals surface area contributed by atoms with E-state index >= 15 is 0 Å². The van der Waals surface area contributed by atoms with Crippen molar-refractivity contribution in [2.24, 2.45) is 0 Å². The van der Waals surface area contributed by atoms with Crippen LogP contribution in [-0.4, -0.2) is 38.2 Å². The number of imidazole rings is 1. The molecule has 1 aliphatic heterocycles. The third kappa shape index (κ3) is 3.42. The normalized spacial score (nSPS) is 15.1. The van der Waals surface area contributed by atoms with Gasteiger partial charge in [0.05, 0.1) is 17.9 Å². The van der Waals surface area contributed by atoms with Crippen LogP contribution in [0.3, 0.4) is 0 Å². The van der Waals surface area contributed by atoms with E-state index in [1.807, 2.05) is 37.0 Å². The molecule has 0 spiro atoms. The predicted octanol–water partition coefficient (Wildman–Crippen LogP) is 3.87. The minimum Gasteiger partial charge on any atom is -0.503 e. The van der Waals surface area contributed by atoms with Crippen LogP contribution in [0.4, 0.5) is 0 Å². The third-order valence-electron chi connectivity index (χ3n) is 6.16. The van der Waals surface area contributed by atoms with E-state index in [0.29, 0.717) is 18.1 Å². The highest BCUT2D eigenvalue weighted by molar-refractivity contribution is 5.62. The number of aromatic nitrogens is 3. The standard InChI is InChI=1S/C26H26N4O2/c1-28(2)16-20-15-27-26-24-25(32)22(31)13-14-29(24)21(17-30(20)26)23(18-9-5-3-6-10-18)19-11-7-4-8-12-19/h3-15,21,23,32H,16-17H2,1-2H3/t21-/m1/s1. The molecule has 0 amide bonds. The maximum absolute atomic E-state index is 12.4. The van der Waals surface area contributed by atoms with Crippen molar-refractivity contribution in [1.29, 1.82) is 0 Å². The molecule has 5 rings (SSSR count). The number of hydrogen-bond donors (Lipinski definition) is 1. The molecule has 6 heteroatoms. The van der Waals surface area contributed by atoms with Crippen LogP contribution in [0.15, 0.2) is 83.9 Å². The number of benzene rings is 2. The van der Waals surface area contributed by atoms with Crippen molar-refractivity contribution >= 4 is 0 Å². The lowest BCUT2D eigenvalue weighted by Gasteiger charge is -2.36. The van der Waals surface area contributed by atoms with Crippen molar-refractivity contribution in [2.45, 2.75) is 25.0 Å². The molecule has 32 heavy (non-hydrogen) atoms. The van der Waals surface area contributed by atoms with E-state index in [2.05, 4.69) is 63.0 Å². The molecule has 0 bridgehead atoms. The summed E-state index contributed by atoms with van der Waals surface area (Å²) in [6.07, 6.45) is 3.64. The van der Waals surface area contributed by atoms with Crippen molar-refractivity contribution < 1.29 is 5.11 Å². The van der Waals surface area contributed by atoms with Crippen molar-refractivity contribution in [3.63, 3.8) is 0 Å². The summed E-state index contributed by atoms with van der Waals surface area (Å²) >= 11 is 0. The predicted molar refractivity (Wildman–Crippen MR) is 125 cm³/mol. The first-order valence-corrected chi connectivity index (χ1v) is 10.8. The molecule has 1 aliphatic rings. The second-order valence-corrected chi connectivity index (χ2v) is 8.57. The van der Waals surface area contributed by atoms with Gasteiger partial charge in [0.25, 0.3) is 0 Å². The van der Waals surface area contributed by atoms with E-state index in [1.165, 1.54) is 17.2 Å². The molecule has 2 aromatic carbocycles. The first kappa shape index (κ1) is 20.3. The molecule has 1 atom stereocenters. The minimum absolute atomic E-state index is 0.0285. The Morgan fingerprint density at radius 1 is 1.03 bits per heavy atom. The Hall–Kier alpha value is -3.64. The second kappa shape index (κ2) is 8.13. The largest absolute Gasteiger partial charge is 0.503 e. The van der Waals surface area contributed by atoms with E-state index in [9.17, 15) is 9.90 Å². The number of pyridine rings is 1. The summed E-state index contributed by atoms with van der Waals surface area (Å²) in [7, 11) is 4.04. The summed E-state index contributed by atoms with van der Waals surface area (Å²) in [4.78, 5) is 19.1. The summed E-state index contributed by atoms with van der Waals surface area (Å²) < 4.78 is 4.18. The van der Waals surface area contributed by atoms with Gasteiger partial charge in [0, 0.05) is 31.3 Å². The highest BCUT2D eigenvalue weighted by Crippen LogP contribution is 2.43. The Bertz CT molecular complexity index is 1250. The molecule has 0 radical (unpaired) electrons. The Morgan fingerprint density at radius 3 is 2.25 bits per heavy atom. The average Bonchev–Trinajstić information content (AvgIpc) is 3.19. The summed E-state index contributed by atoms with van der Waals surface area (Å²) in [5, 5.41) is 10.8. The quantitative estimate of drug-likeness (QED) is 0.526. The Kier molecular flexibility index (Phi) is 5.15. The minimum atomic E-state index is -0.392. The van der Waals surface area contributed by atoms with Gasteiger partial charge in [-0.15, -0.1) is 0 Å². The number of nitrogens with zero attached hydrogens (tertiary/aromatic N) is 4. The Morgan fingerprint density at radius 2 is 1.66 bits per heavy atom. The van der Waals surface area contributed by atoms with E-state index in [0.717, 1.165) is 12.2 Å². The fourth-order valence-corrected chi connectivity index (χ4v) is 4.79. The lowest BCUT2D eigenvalue weighted by Crippen LogP contribution is -2.32. The van der Waals surface area contributed by atoms with Gasteiger partial charge in [0.15, 0.2) is 11.6 Å². The molecule has 162 valence electrons. The van der Waals surface area contributed by atoms with Crippen molar-refractivity contribution in [2.75, 3.05) is 14.1 Å². The van der Waals surface area contributed by atoms with Gasteiger partial charge in [-0.1, -0.05) is 60.7 Å². The van der Waals surface area contributed by atoms with Gasteiger partial charge >= 0.3 is 0 Å². The van der Waals surface area contributed by atoms with Gasteiger partial charge in [0.2, 0.25) is 5.43 Å². The molecule has 3 heterocycles. The van der Waals surface area contributed by atoms with Gasteiger partial charge < -0.3 is 19.1 Å². The van der Waals surface area contributed by atoms with Gasteiger partial charge in [-0.3, -0.25) is 4.79 Å². The summed E-state index contributed by atoms with van der Waals surface area (Å²) in [6, 6.07) is 22.2. The third-order valence-corrected chi connectivity index (χ3v) is 6.16. The maximum Gasteiger partial charge on any atom is 0.223 e. The van der Waals surface area contributed by atoms with E-state index < -0.39 is 5.43 Å². The number of fused-ring (bicyclic) bond motifs is 3. The summed E-state index contributed by atoms with van der Waals surface area (Å²) in [5.41, 5.74) is 3.51. The highest BCUT2D eigenvalue weighted by atomic mass is 16.3. The van der Waals surface area contributed by atoms with Crippen LogP contribution < -0.4 is 5.43 Å². The monoisotopic (exact) mass is 426 g/mol. The van der Waals surface area contributed by atoms with Crippen LogP contribution >= 0.6 is 0 Å². The molecule has 6 nitrogen and oxygen atoms in total.